The molecule has 31 heavy (non-hydrogen) atoms. The van der Waals surface area contributed by atoms with Gasteiger partial charge in [-0.2, -0.15) is 13.2 Å². The standard InChI is InChI=1S/C21H23F3N4O3/c22-21(23,24)16-5-1-15(2-6-16)12-26-17-11-19(20(25)29)27(13-17)10-9-14-3-7-18(8-4-14)28(30)31/h1-8,17,19,26H,9-13H2,(H2,25,29). The maximum Gasteiger partial charge on any atom is 0.416 e. The normalized spacial score (nSPS) is 19.5. The predicted octanol–water partition coefficient (Wildman–Crippen LogP) is 2.87. The number of nitrogens with two attached hydrogens (primary N) is 1. The second-order valence-electron chi connectivity index (χ2n) is 7.59. The molecule has 0 saturated carbocycles. The first-order chi connectivity index (χ1) is 14.6. The van der Waals surface area contributed by atoms with Gasteiger partial charge in [0.05, 0.1) is 16.5 Å². The quantitative estimate of drug-likeness (QED) is 0.490. The number of amides is 1. The average molecular weight is 436 g/mol. The Morgan fingerprint density at radius 1 is 1.13 bits per heavy atom. The fourth-order valence-electron chi connectivity index (χ4n) is 3.73. The number of rotatable bonds is 8. The Morgan fingerprint density at radius 2 is 1.74 bits per heavy atom. The molecule has 0 spiro atoms. The number of nitro benzene ring substituents is 1. The van der Waals surface area contributed by atoms with Gasteiger partial charge in [0.1, 0.15) is 0 Å². The molecule has 10 heteroatoms. The third-order valence-corrected chi connectivity index (χ3v) is 5.44. The van der Waals surface area contributed by atoms with Crippen molar-refractivity contribution >= 4 is 11.6 Å². The molecule has 1 saturated heterocycles. The Balaban J connectivity index is 1.54. The van der Waals surface area contributed by atoms with Gasteiger partial charge in [0.25, 0.3) is 5.69 Å². The van der Waals surface area contributed by atoms with Crippen LogP contribution in [0.5, 0.6) is 0 Å². The molecule has 7 nitrogen and oxygen atoms in total. The van der Waals surface area contributed by atoms with Gasteiger partial charge in [-0.3, -0.25) is 19.8 Å². The minimum absolute atomic E-state index is 0.0208. The van der Waals surface area contributed by atoms with E-state index in [1.165, 1.54) is 24.3 Å². The summed E-state index contributed by atoms with van der Waals surface area (Å²) in [6.45, 7) is 1.51. The smallest absolute Gasteiger partial charge is 0.368 e. The van der Waals surface area contributed by atoms with Crippen LogP contribution in [-0.2, 0) is 23.9 Å². The van der Waals surface area contributed by atoms with Crippen molar-refractivity contribution in [2.24, 2.45) is 5.73 Å². The van der Waals surface area contributed by atoms with E-state index in [1.54, 1.807) is 12.1 Å². The van der Waals surface area contributed by atoms with E-state index in [0.717, 1.165) is 17.7 Å². The summed E-state index contributed by atoms with van der Waals surface area (Å²) >= 11 is 0. The molecule has 2 unspecified atom stereocenters. The highest BCUT2D eigenvalue weighted by atomic mass is 19.4. The molecule has 0 radical (unpaired) electrons. The molecule has 1 aliphatic heterocycles. The number of nitro groups is 1. The Labute approximate surface area is 177 Å². The van der Waals surface area contributed by atoms with Gasteiger partial charge in [-0.15, -0.1) is 0 Å². The lowest BCUT2D eigenvalue weighted by Gasteiger charge is -2.21. The average Bonchev–Trinajstić information content (AvgIpc) is 3.14. The molecular formula is C21H23F3N4O3. The van der Waals surface area contributed by atoms with E-state index in [-0.39, 0.29) is 11.7 Å². The molecule has 1 fully saturated rings. The molecule has 0 aromatic heterocycles. The summed E-state index contributed by atoms with van der Waals surface area (Å²) in [6.07, 6.45) is -3.25. The predicted molar refractivity (Wildman–Crippen MR) is 108 cm³/mol. The van der Waals surface area contributed by atoms with Gasteiger partial charge in [0.2, 0.25) is 5.91 Å². The lowest BCUT2D eigenvalue weighted by Crippen LogP contribution is -2.41. The number of non-ortho nitro benzene ring substituents is 1. The molecule has 1 heterocycles. The fraction of sp³-hybridized carbons (Fsp3) is 0.381. The molecular weight excluding hydrogens is 413 g/mol. The number of likely N-dealkylation sites (tertiary alicyclic amines) is 1. The van der Waals surface area contributed by atoms with Crippen LogP contribution >= 0.6 is 0 Å². The summed E-state index contributed by atoms with van der Waals surface area (Å²) < 4.78 is 38.0. The van der Waals surface area contributed by atoms with E-state index in [0.29, 0.717) is 38.0 Å². The minimum atomic E-state index is -4.36. The van der Waals surface area contributed by atoms with E-state index < -0.39 is 28.6 Å². The maximum atomic E-state index is 12.7. The van der Waals surface area contributed by atoms with Gasteiger partial charge in [-0.05, 0) is 36.1 Å². The second kappa shape index (κ2) is 9.44. The number of carbonyl (C=O) groups is 1. The van der Waals surface area contributed by atoms with Crippen LogP contribution in [0.15, 0.2) is 48.5 Å². The fourth-order valence-corrected chi connectivity index (χ4v) is 3.73. The number of alkyl halides is 3. The van der Waals surface area contributed by atoms with Crippen molar-refractivity contribution < 1.29 is 22.9 Å². The molecule has 3 N–H and O–H groups in total. The molecule has 0 bridgehead atoms. The van der Waals surface area contributed by atoms with Crippen LogP contribution in [0.2, 0.25) is 0 Å². The highest BCUT2D eigenvalue weighted by Gasteiger charge is 2.35. The van der Waals surface area contributed by atoms with Crippen LogP contribution in [0, 0.1) is 10.1 Å². The first-order valence-corrected chi connectivity index (χ1v) is 9.79. The van der Waals surface area contributed by atoms with Gasteiger partial charge < -0.3 is 11.1 Å². The highest BCUT2D eigenvalue weighted by molar-refractivity contribution is 5.80. The number of nitrogens with one attached hydrogen (secondary N) is 1. The van der Waals surface area contributed by atoms with Crippen molar-refractivity contribution in [3.05, 3.63) is 75.3 Å². The summed E-state index contributed by atoms with van der Waals surface area (Å²) in [5.74, 6) is -0.428. The molecule has 1 amide bonds. The van der Waals surface area contributed by atoms with Crippen LogP contribution in [0.4, 0.5) is 18.9 Å². The lowest BCUT2D eigenvalue weighted by molar-refractivity contribution is -0.384. The largest absolute Gasteiger partial charge is 0.416 e. The van der Waals surface area contributed by atoms with Crippen molar-refractivity contribution in [2.45, 2.75) is 37.6 Å². The summed E-state index contributed by atoms with van der Waals surface area (Å²) in [5, 5.41) is 14.0. The summed E-state index contributed by atoms with van der Waals surface area (Å²) in [5.41, 5.74) is 6.50. The number of halogens is 3. The van der Waals surface area contributed by atoms with Crippen LogP contribution in [0.25, 0.3) is 0 Å². The Kier molecular flexibility index (Phi) is 6.91. The van der Waals surface area contributed by atoms with Crippen LogP contribution in [0.1, 0.15) is 23.1 Å². The molecule has 1 aliphatic rings. The number of hydrogen-bond acceptors (Lipinski definition) is 5. The Hall–Kier alpha value is -2.98. The van der Waals surface area contributed by atoms with Crippen molar-refractivity contribution in [1.29, 1.82) is 0 Å². The number of primary amides is 1. The summed E-state index contributed by atoms with van der Waals surface area (Å²) in [6, 6.07) is 10.8. The van der Waals surface area contributed by atoms with Gasteiger partial charge in [0.15, 0.2) is 0 Å². The lowest BCUT2D eigenvalue weighted by atomic mass is 10.1. The molecule has 2 atom stereocenters. The number of hydrogen-bond donors (Lipinski definition) is 2. The zero-order valence-corrected chi connectivity index (χ0v) is 16.6. The number of carbonyl (C=O) groups excluding carboxylic acids is 1. The van der Waals surface area contributed by atoms with E-state index in [2.05, 4.69) is 5.32 Å². The topological polar surface area (TPSA) is 102 Å². The van der Waals surface area contributed by atoms with E-state index >= 15 is 0 Å². The zero-order chi connectivity index (χ0) is 22.6. The summed E-state index contributed by atoms with van der Waals surface area (Å²) in [4.78, 5) is 24.1. The minimum Gasteiger partial charge on any atom is -0.368 e. The Bertz CT molecular complexity index is 917. The second-order valence-corrected chi connectivity index (χ2v) is 7.59. The SMILES string of the molecule is NC(=O)C1CC(NCc2ccc(C(F)(F)F)cc2)CN1CCc1ccc([N+](=O)[O-])cc1. The van der Waals surface area contributed by atoms with E-state index in [4.69, 9.17) is 5.73 Å². The van der Waals surface area contributed by atoms with Gasteiger partial charge in [0, 0.05) is 37.8 Å². The molecule has 0 aliphatic carbocycles. The molecule has 166 valence electrons. The molecule has 2 aromatic rings. The van der Waals surface area contributed by atoms with E-state index in [1.807, 2.05) is 4.90 Å². The van der Waals surface area contributed by atoms with Crippen molar-refractivity contribution in [2.75, 3.05) is 13.1 Å². The number of benzene rings is 2. The van der Waals surface area contributed by atoms with Gasteiger partial charge >= 0.3 is 6.18 Å². The van der Waals surface area contributed by atoms with Crippen LogP contribution in [0.3, 0.4) is 0 Å². The van der Waals surface area contributed by atoms with Gasteiger partial charge in [-0.1, -0.05) is 24.3 Å². The van der Waals surface area contributed by atoms with Crippen LogP contribution in [-0.4, -0.2) is 40.9 Å². The van der Waals surface area contributed by atoms with E-state index in [9.17, 15) is 28.1 Å². The van der Waals surface area contributed by atoms with Crippen molar-refractivity contribution in [3.63, 3.8) is 0 Å². The Morgan fingerprint density at radius 3 is 2.29 bits per heavy atom. The van der Waals surface area contributed by atoms with Crippen molar-refractivity contribution in [3.8, 4) is 0 Å². The maximum absolute atomic E-state index is 12.7. The van der Waals surface area contributed by atoms with Crippen LogP contribution < -0.4 is 11.1 Å². The first-order valence-electron chi connectivity index (χ1n) is 9.79. The van der Waals surface area contributed by atoms with Crippen molar-refractivity contribution in [1.82, 2.24) is 10.2 Å². The summed E-state index contributed by atoms with van der Waals surface area (Å²) in [7, 11) is 0. The molecule has 3 rings (SSSR count). The number of nitrogens with zero attached hydrogens (tertiary/aromatic N) is 2. The molecule has 2 aromatic carbocycles. The zero-order valence-electron chi connectivity index (χ0n) is 16.6. The van der Waals surface area contributed by atoms with Gasteiger partial charge in [-0.25, -0.2) is 0 Å². The monoisotopic (exact) mass is 436 g/mol. The highest BCUT2D eigenvalue weighted by Crippen LogP contribution is 2.29. The third kappa shape index (κ3) is 6.02. The third-order valence-electron chi connectivity index (χ3n) is 5.44. The first kappa shape index (κ1) is 22.7.